The molecule has 0 aromatic carbocycles. The molecule has 1 amide bonds. The van der Waals surface area contributed by atoms with E-state index in [0.717, 1.165) is 0 Å². The Hall–Kier alpha value is -1.12. The number of rotatable bonds is 6. The molecule has 0 fully saturated rings. The van der Waals surface area contributed by atoms with Gasteiger partial charge >= 0.3 is 0 Å². The molecule has 16 heavy (non-hydrogen) atoms. The number of hydrogen-bond acceptors (Lipinski definition) is 4. The van der Waals surface area contributed by atoms with Crippen LogP contribution in [0.2, 0.25) is 0 Å². The van der Waals surface area contributed by atoms with E-state index in [9.17, 15) is 9.90 Å². The Kier molecular flexibility index (Phi) is 6.70. The Morgan fingerprint density at radius 1 is 1.50 bits per heavy atom. The molecule has 1 atom stereocenters. The van der Waals surface area contributed by atoms with Crippen LogP contribution in [0.4, 0.5) is 0 Å². The largest absolute Gasteiger partial charge is 0.392 e. The molecule has 0 aliphatic rings. The molecule has 3 N–H and O–H groups in total. The molecule has 0 aliphatic carbocycles. The maximum Gasteiger partial charge on any atom is 0.234 e. The molecule has 5 heteroatoms. The van der Waals surface area contributed by atoms with Gasteiger partial charge in [0, 0.05) is 6.54 Å². The number of nitriles is 1. The molecule has 1 unspecified atom stereocenters. The molecule has 0 aromatic rings. The van der Waals surface area contributed by atoms with E-state index in [0.29, 0.717) is 13.0 Å². The number of aliphatic hydroxyl groups is 1. The van der Waals surface area contributed by atoms with Gasteiger partial charge in [0.1, 0.15) is 6.54 Å². The SMILES string of the molecule is CC(C)(C)CC(O)CNCC(=O)NCC#N. The van der Waals surface area contributed by atoms with Crippen LogP contribution in [-0.2, 0) is 4.79 Å². The van der Waals surface area contributed by atoms with E-state index in [2.05, 4.69) is 31.4 Å². The van der Waals surface area contributed by atoms with E-state index in [1.54, 1.807) is 0 Å². The van der Waals surface area contributed by atoms with E-state index in [1.165, 1.54) is 0 Å². The number of carbonyl (C=O) groups is 1. The van der Waals surface area contributed by atoms with Gasteiger partial charge in [0.05, 0.1) is 18.7 Å². The van der Waals surface area contributed by atoms with Gasteiger partial charge in [0.2, 0.25) is 5.91 Å². The summed E-state index contributed by atoms with van der Waals surface area (Å²) in [5, 5.41) is 23.1. The summed E-state index contributed by atoms with van der Waals surface area (Å²) < 4.78 is 0. The third kappa shape index (κ3) is 9.44. The molecule has 92 valence electrons. The quantitative estimate of drug-likeness (QED) is 0.558. The Morgan fingerprint density at radius 3 is 2.62 bits per heavy atom. The summed E-state index contributed by atoms with van der Waals surface area (Å²) in [4.78, 5) is 11.1. The highest BCUT2D eigenvalue weighted by atomic mass is 16.3. The summed E-state index contributed by atoms with van der Waals surface area (Å²) in [5.74, 6) is -0.232. The first-order valence-electron chi connectivity index (χ1n) is 5.37. The molecule has 0 saturated heterocycles. The number of aliphatic hydroxyl groups excluding tert-OH is 1. The van der Waals surface area contributed by atoms with Crippen LogP contribution >= 0.6 is 0 Å². The van der Waals surface area contributed by atoms with Crippen molar-refractivity contribution in [1.29, 1.82) is 5.26 Å². The number of nitrogens with zero attached hydrogens (tertiary/aromatic N) is 1. The minimum absolute atomic E-state index is 0.0189. The summed E-state index contributed by atoms with van der Waals surface area (Å²) in [6.07, 6.45) is 0.226. The lowest BCUT2D eigenvalue weighted by Crippen LogP contribution is -2.38. The van der Waals surface area contributed by atoms with Crippen LogP contribution in [0.1, 0.15) is 27.2 Å². The molecular weight excluding hydrogens is 206 g/mol. The van der Waals surface area contributed by atoms with Crippen molar-refractivity contribution in [2.45, 2.75) is 33.3 Å². The van der Waals surface area contributed by atoms with Crippen molar-refractivity contribution < 1.29 is 9.90 Å². The molecule has 0 aliphatic heterocycles. The maximum absolute atomic E-state index is 11.1. The second-order valence-corrected chi connectivity index (χ2v) is 4.98. The van der Waals surface area contributed by atoms with Gasteiger partial charge in [-0.1, -0.05) is 20.8 Å². The number of carbonyl (C=O) groups excluding carboxylic acids is 1. The molecule has 0 heterocycles. The van der Waals surface area contributed by atoms with Gasteiger partial charge in [-0.05, 0) is 11.8 Å². The lowest BCUT2D eigenvalue weighted by molar-refractivity contribution is -0.120. The van der Waals surface area contributed by atoms with E-state index in [1.807, 2.05) is 6.07 Å². The highest BCUT2D eigenvalue weighted by Crippen LogP contribution is 2.20. The van der Waals surface area contributed by atoms with Gasteiger partial charge in [-0.3, -0.25) is 4.79 Å². The fraction of sp³-hybridized carbons (Fsp3) is 0.818. The van der Waals surface area contributed by atoms with Gasteiger partial charge in [0.15, 0.2) is 0 Å². The van der Waals surface area contributed by atoms with Crippen molar-refractivity contribution in [3.05, 3.63) is 0 Å². The summed E-state index contributed by atoms with van der Waals surface area (Å²) in [5.41, 5.74) is 0.0736. The molecule has 0 rings (SSSR count). The smallest absolute Gasteiger partial charge is 0.234 e. The van der Waals surface area contributed by atoms with Gasteiger partial charge in [-0.2, -0.15) is 5.26 Å². The molecule has 0 aromatic heterocycles. The van der Waals surface area contributed by atoms with Crippen LogP contribution in [-0.4, -0.2) is 36.8 Å². The minimum atomic E-state index is -0.455. The second-order valence-electron chi connectivity index (χ2n) is 4.98. The predicted molar refractivity (Wildman–Crippen MR) is 61.6 cm³/mol. The lowest BCUT2D eigenvalue weighted by Gasteiger charge is -2.22. The normalized spacial score (nSPS) is 12.9. The zero-order valence-electron chi connectivity index (χ0n) is 10.2. The zero-order chi connectivity index (χ0) is 12.6. The third-order valence-corrected chi connectivity index (χ3v) is 1.88. The predicted octanol–water partition coefficient (Wildman–Crippen LogP) is 0.0129. The number of nitrogens with one attached hydrogen (secondary N) is 2. The molecule has 0 spiro atoms. The van der Waals surface area contributed by atoms with Crippen LogP contribution in [0.15, 0.2) is 0 Å². The fourth-order valence-electron chi connectivity index (χ4n) is 1.33. The topological polar surface area (TPSA) is 85.2 Å². The van der Waals surface area contributed by atoms with Crippen LogP contribution in [0.25, 0.3) is 0 Å². The van der Waals surface area contributed by atoms with Gasteiger partial charge < -0.3 is 15.7 Å². The van der Waals surface area contributed by atoms with E-state index < -0.39 is 6.10 Å². The van der Waals surface area contributed by atoms with Crippen molar-refractivity contribution >= 4 is 5.91 Å². The number of hydrogen-bond donors (Lipinski definition) is 3. The molecule has 0 saturated carbocycles. The molecular formula is C11H21N3O2. The monoisotopic (exact) mass is 227 g/mol. The fourth-order valence-corrected chi connectivity index (χ4v) is 1.33. The summed E-state index contributed by atoms with van der Waals surface area (Å²) >= 11 is 0. The molecule has 5 nitrogen and oxygen atoms in total. The van der Waals surface area contributed by atoms with Crippen molar-refractivity contribution in [3.8, 4) is 6.07 Å². The summed E-state index contributed by atoms with van der Waals surface area (Å²) in [6, 6.07) is 1.82. The Labute approximate surface area is 96.8 Å². The number of amides is 1. The van der Waals surface area contributed by atoms with Crippen molar-refractivity contribution in [3.63, 3.8) is 0 Å². The average Bonchev–Trinajstić information content (AvgIpc) is 2.11. The Bertz CT molecular complexity index is 253. The standard InChI is InChI=1S/C11H21N3O2/c1-11(2,3)6-9(15)7-13-8-10(16)14-5-4-12/h9,13,15H,5-8H2,1-3H3,(H,14,16). The van der Waals surface area contributed by atoms with Gasteiger partial charge in [-0.15, -0.1) is 0 Å². The van der Waals surface area contributed by atoms with Crippen molar-refractivity contribution in [2.75, 3.05) is 19.6 Å². The summed E-state index contributed by atoms with van der Waals surface area (Å²) in [6.45, 7) is 6.69. The first-order chi connectivity index (χ1) is 7.35. The zero-order valence-corrected chi connectivity index (χ0v) is 10.2. The second kappa shape index (κ2) is 7.20. The van der Waals surface area contributed by atoms with E-state index in [-0.39, 0.29) is 24.4 Å². The third-order valence-electron chi connectivity index (χ3n) is 1.88. The highest BCUT2D eigenvalue weighted by molar-refractivity contribution is 5.78. The van der Waals surface area contributed by atoms with Crippen molar-refractivity contribution in [2.24, 2.45) is 5.41 Å². The lowest BCUT2D eigenvalue weighted by atomic mass is 9.89. The van der Waals surface area contributed by atoms with Gasteiger partial charge in [-0.25, -0.2) is 0 Å². The summed E-state index contributed by atoms with van der Waals surface area (Å²) in [7, 11) is 0. The van der Waals surface area contributed by atoms with Crippen LogP contribution in [0.3, 0.4) is 0 Å². The minimum Gasteiger partial charge on any atom is -0.392 e. The van der Waals surface area contributed by atoms with E-state index >= 15 is 0 Å². The highest BCUT2D eigenvalue weighted by Gasteiger charge is 2.16. The van der Waals surface area contributed by atoms with Crippen LogP contribution < -0.4 is 10.6 Å². The van der Waals surface area contributed by atoms with Crippen LogP contribution in [0, 0.1) is 16.7 Å². The molecule has 0 bridgehead atoms. The Morgan fingerprint density at radius 2 is 2.12 bits per heavy atom. The molecule has 0 radical (unpaired) electrons. The van der Waals surface area contributed by atoms with Crippen LogP contribution in [0.5, 0.6) is 0 Å². The average molecular weight is 227 g/mol. The maximum atomic E-state index is 11.1. The Balaban J connectivity index is 3.59. The first-order valence-corrected chi connectivity index (χ1v) is 5.37. The first kappa shape index (κ1) is 14.9. The van der Waals surface area contributed by atoms with E-state index in [4.69, 9.17) is 5.26 Å². The van der Waals surface area contributed by atoms with Crippen molar-refractivity contribution in [1.82, 2.24) is 10.6 Å². The van der Waals surface area contributed by atoms with Gasteiger partial charge in [0.25, 0.3) is 0 Å².